The van der Waals surface area contributed by atoms with Crippen LogP contribution in [0.25, 0.3) is 0 Å². The standard InChI is InChI=1S/C45H85NO5.BrH/c1-6-10-12-14-16-18-20-22-24-26-28-30-32-34-36-38-42(48)50-41(40-47)44(46-45(5,8-3)9-4)51-43(49)39-37-35-33-31-29-27-25-23-21-19-17-15-13-11-7-2;/h22-25,41,44,46-47H,6-21,26-40H2,1-5H3;1H. The van der Waals surface area contributed by atoms with Crippen LogP contribution in [0.15, 0.2) is 24.3 Å². The van der Waals surface area contributed by atoms with E-state index in [1.807, 2.05) is 0 Å². The number of rotatable bonds is 38. The molecule has 0 aliphatic heterocycles. The Morgan fingerprint density at radius 3 is 1.21 bits per heavy atom. The Balaban J connectivity index is 0. The van der Waals surface area contributed by atoms with Crippen LogP contribution in [0.4, 0.5) is 0 Å². The second kappa shape index (κ2) is 39.5. The molecular formula is C45H86BrNO5. The highest BCUT2D eigenvalue weighted by atomic mass is 79.9. The van der Waals surface area contributed by atoms with E-state index in [-0.39, 0.29) is 34.5 Å². The third-order valence-electron chi connectivity index (χ3n) is 10.4. The molecule has 0 radical (unpaired) electrons. The number of unbranched alkanes of at least 4 members (excludes halogenated alkanes) is 22. The van der Waals surface area contributed by atoms with Crippen molar-refractivity contribution in [3.05, 3.63) is 24.3 Å². The smallest absolute Gasteiger partial charge is 0.307 e. The van der Waals surface area contributed by atoms with E-state index in [1.165, 1.54) is 116 Å². The first-order valence-corrected chi connectivity index (χ1v) is 21.9. The fourth-order valence-electron chi connectivity index (χ4n) is 6.30. The molecule has 0 saturated heterocycles. The number of halogens is 1. The molecule has 6 nitrogen and oxygen atoms in total. The number of hydrogen-bond acceptors (Lipinski definition) is 6. The van der Waals surface area contributed by atoms with Crippen LogP contribution in [-0.2, 0) is 19.1 Å². The molecule has 0 bridgehead atoms. The molecule has 0 aromatic carbocycles. The minimum atomic E-state index is -0.934. The number of nitrogens with one attached hydrogen (secondary N) is 1. The first kappa shape index (κ1) is 52.9. The lowest BCUT2D eigenvalue weighted by atomic mass is 9.95. The van der Waals surface area contributed by atoms with Crippen molar-refractivity contribution < 1.29 is 24.2 Å². The van der Waals surface area contributed by atoms with E-state index in [1.54, 1.807) is 0 Å². The van der Waals surface area contributed by atoms with Crippen molar-refractivity contribution in [2.24, 2.45) is 0 Å². The zero-order valence-corrected chi connectivity index (χ0v) is 36.6. The van der Waals surface area contributed by atoms with Gasteiger partial charge in [-0.05, 0) is 84.0 Å². The Morgan fingerprint density at radius 1 is 0.538 bits per heavy atom. The molecule has 7 heteroatoms. The van der Waals surface area contributed by atoms with Gasteiger partial charge in [-0.3, -0.25) is 14.9 Å². The molecule has 0 saturated carbocycles. The molecule has 308 valence electrons. The lowest BCUT2D eigenvalue weighted by Crippen LogP contribution is -2.56. The van der Waals surface area contributed by atoms with Crippen LogP contribution in [0.2, 0.25) is 0 Å². The average molecular weight is 801 g/mol. The van der Waals surface area contributed by atoms with Crippen molar-refractivity contribution in [1.82, 2.24) is 5.32 Å². The lowest BCUT2D eigenvalue weighted by molar-refractivity contribution is -0.176. The van der Waals surface area contributed by atoms with E-state index in [0.29, 0.717) is 12.8 Å². The number of esters is 2. The number of aliphatic hydroxyl groups is 1. The van der Waals surface area contributed by atoms with E-state index in [2.05, 4.69) is 64.2 Å². The van der Waals surface area contributed by atoms with E-state index < -0.39 is 18.9 Å². The number of carbonyl (C=O) groups is 2. The molecule has 0 spiro atoms. The molecule has 0 fully saturated rings. The second-order valence-corrected chi connectivity index (χ2v) is 15.2. The Kier molecular flexibility index (Phi) is 40.2. The molecule has 0 amide bonds. The largest absolute Gasteiger partial charge is 0.454 e. The summed E-state index contributed by atoms with van der Waals surface area (Å²) >= 11 is 0. The molecule has 0 aromatic heterocycles. The van der Waals surface area contributed by atoms with Crippen LogP contribution in [-0.4, -0.2) is 41.5 Å². The highest BCUT2D eigenvalue weighted by molar-refractivity contribution is 8.93. The number of ether oxygens (including phenoxy) is 2. The highest BCUT2D eigenvalue weighted by Crippen LogP contribution is 2.19. The summed E-state index contributed by atoms with van der Waals surface area (Å²) in [7, 11) is 0. The zero-order chi connectivity index (χ0) is 37.7. The van der Waals surface area contributed by atoms with Crippen molar-refractivity contribution in [1.29, 1.82) is 0 Å². The Morgan fingerprint density at radius 2 is 0.865 bits per heavy atom. The van der Waals surface area contributed by atoms with Crippen molar-refractivity contribution in [3.63, 3.8) is 0 Å². The fraction of sp³-hybridized carbons (Fsp3) is 0.867. The van der Waals surface area contributed by atoms with Crippen LogP contribution >= 0.6 is 17.0 Å². The quantitative estimate of drug-likeness (QED) is 0.0280. The summed E-state index contributed by atoms with van der Waals surface area (Å²) < 4.78 is 11.6. The number of aliphatic hydroxyl groups excluding tert-OH is 1. The molecule has 0 heterocycles. The van der Waals surface area contributed by atoms with Crippen molar-refractivity contribution in [2.75, 3.05) is 6.61 Å². The summed E-state index contributed by atoms with van der Waals surface area (Å²) in [5.74, 6) is -0.659. The van der Waals surface area contributed by atoms with Gasteiger partial charge in [0.1, 0.15) is 0 Å². The molecule has 52 heavy (non-hydrogen) atoms. The van der Waals surface area contributed by atoms with Crippen LogP contribution < -0.4 is 5.32 Å². The predicted molar refractivity (Wildman–Crippen MR) is 228 cm³/mol. The van der Waals surface area contributed by atoms with Gasteiger partial charge in [0.15, 0.2) is 12.3 Å². The number of allylic oxidation sites excluding steroid dienone is 4. The van der Waals surface area contributed by atoms with Gasteiger partial charge in [0.25, 0.3) is 0 Å². The summed E-state index contributed by atoms with van der Waals surface area (Å²) in [5.41, 5.74) is -0.308. The van der Waals surface area contributed by atoms with E-state index in [0.717, 1.165) is 64.2 Å². The first-order valence-electron chi connectivity index (χ1n) is 21.9. The topological polar surface area (TPSA) is 84.9 Å². The SMILES string of the molecule is Br.CCCCCCCCC=CCCCCCCCC(=O)OC(CO)C(NC(C)(CC)CC)OC(=O)CCCCCCCC=CCCCCCCCC. The van der Waals surface area contributed by atoms with Gasteiger partial charge >= 0.3 is 11.9 Å². The minimum Gasteiger partial charge on any atom is -0.454 e. The third-order valence-corrected chi connectivity index (χ3v) is 10.4. The molecule has 0 aliphatic rings. The molecular weight excluding hydrogens is 714 g/mol. The fourth-order valence-corrected chi connectivity index (χ4v) is 6.30. The Bertz CT molecular complexity index is 844. The Hall–Kier alpha value is -1.18. The number of carbonyl (C=O) groups excluding carboxylic acids is 2. The van der Waals surface area contributed by atoms with Gasteiger partial charge in [-0.15, -0.1) is 17.0 Å². The van der Waals surface area contributed by atoms with Crippen molar-refractivity contribution in [3.8, 4) is 0 Å². The first-order chi connectivity index (χ1) is 24.9. The van der Waals surface area contributed by atoms with Gasteiger partial charge in [-0.2, -0.15) is 0 Å². The molecule has 2 N–H and O–H groups in total. The average Bonchev–Trinajstić information content (AvgIpc) is 3.13. The maximum Gasteiger partial charge on any atom is 0.307 e. The van der Waals surface area contributed by atoms with E-state index >= 15 is 0 Å². The summed E-state index contributed by atoms with van der Waals surface area (Å²) in [5, 5.41) is 13.6. The minimum absolute atomic E-state index is 0. The third kappa shape index (κ3) is 33.4. The summed E-state index contributed by atoms with van der Waals surface area (Å²) in [6, 6.07) is 0. The molecule has 2 unspecified atom stereocenters. The van der Waals surface area contributed by atoms with Gasteiger partial charge in [0, 0.05) is 18.4 Å². The van der Waals surface area contributed by atoms with Gasteiger partial charge in [0.2, 0.25) is 0 Å². The Labute approximate surface area is 333 Å². The highest BCUT2D eigenvalue weighted by Gasteiger charge is 2.33. The maximum absolute atomic E-state index is 12.9. The van der Waals surface area contributed by atoms with Gasteiger partial charge < -0.3 is 14.6 Å². The normalized spacial score (nSPS) is 13.0. The summed E-state index contributed by atoms with van der Waals surface area (Å²) in [6.45, 7) is 10.3. The van der Waals surface area contributed by atoms with Crippen LogP contribution in [0.1, 0.15) is 227 Å². The van der Waals surface area contributed by atoms with Crippen molar-refractivity contribution in [2.45, 2.75) is 245 Å². The maximum atomic E-state index is 12.9. The van der Waals surface area contributed by atoms with Gasteiger partial charge in [0.05, 0.1) is 6.61 Å². The second-order valence-electron chi connectivity index (χ2n) is 15.2. The molecule has 2 atom stereocenters. The molecule has 0 aromatic rings. The van der Waals surface area contributed by atoms with Crippen molar-refractivity contribution >= 4 is 28.9 Å². The van der Waals surface area contributed by atoms with Gasteiger partial charge in [-0.25, -0.2) is 0 Å². The van der Waals surface area contributed by atoms with Gasteiger partial charge in [-0.1, -0.05) is 155 Å². The number of hydrogen-bond donors (Lipinski definition) is 2. The lowest BCUT2D eigenvalue weighted by Gasteiger charge is -2.36. The predicted octanol–water partition coefficient (Wildman–Crippen LogP) is 13.6. The summed E-state index contributed by atoms with van der Waals surface area (Å²) in [6.07, 6.45) is 41.1. The zero-order valence-electron chi connectivity index (χ0n) is 34.9. The van der Waals surface area contributed by atoms with E-state index in [4.69, 9.17) is 9.47 Å². The molecule has 0 aliphatic carbocycles. The summed E-state index contributed by atoms with van der Waals surface area (Å²) in [4.78, 5) is 25.6. The molecule has 0 rings (SSSR count). The monoisotopic (exact) mass is 800 g/mol. The van der Waals surface area contributed by atoms with E-state index in [9.17, 15) is 14.7 Å². The van der Waals surface area contributed by atoms with Crippen LogP contribution in [0, 0.1) is 0 Å². The van der Waals surface area contributed by atoms with Crippen LogP contribution in [0.3, 0.4) is 0 Å². The van der Waals surface area contributed by atoms with Crippen LogP contribution in [0.5, 0.6) is 0 Å².